The molecule has 1 aromatic heterocycles. The summed E-state index contributed by atoms with van der Waals surface area (Å²) in [6.45, 7) is 9.65. The fourth-order valence-electron chi connectivity index (χ4n) is 3.06. The molecular formula is C19H22ClN3O. The number of halogens is 1. The number of benzene rings is 1. The van der Waals surface area contributed by atoms with Crippen LogP contribution in [0.4, 0.5) is 0 Å². The summed E-state index contributed by atoms with van der Waals surface area (Å²) in [6, 6.07) is 7.50. The van der Waals surface area contributed by atoms with E-state index in [0.29, 0.717) is 10.6 Å². The summed E-state index contributed by atoms with van der Waals surface area (Å²) in [6.07, 6.45) is 3.46. The molecule has 1 aliphatic heterocycles. The van der Waals surface area contributed by atoms with Gasteiger partial charge in [-0.15, -0.1) is 0 Å². The molecular weight excluding hydrogens is 322 g/mol. The van der Waals surface area contributed by atoms with E-state index in [1.54, 1.807) is 6.20 Å². The summed E-state index contributed by atoms with van der Waals surface area (Å²) >= 11 is 5.97. The Morgan fingerprint density at radius 1 is 1.21 bits per heavy atom. The van der Waals surface area contributed by atoms with Gasteiger partial charge in [-0.05, 0) is 43.0 Å². The molecule has 3 rings (SSSR count). The highest BCUT2D eigenvalue weighted by Gasteiger charge is 2.26. The maximum Gasteiger partial charge on any atom is 0.257 e. The lowest BCUT2D eigenvalue weighted by Gasteiger charge is -2.28. The summed E-state index contributed by atoms with van der Waals surface area (Å²) in [7, 11) is 0. The lowest BCUT2D eigenvalue weighted by atomic mass is 10.0. The molecule has 126 valence electrons. The van der Waals surface area contributed by atoms with Crippen molar-refractivity contribution in [2.45, 2.75) is 32.6 Å². The van der Waals surface area contributed by atoms with E-state index in [2.05, 4.69) is 25.5 Å². The van der Waals surface area contributed by atoms with Gasteiger partial charge in [0.2, 0.25) is 0 Å². The van der Waals surface area contributed by atoms with Crippen molar-refractivity contribution in [1.82, 2.24) is 14.7 Å². The second-order valence-corrected chi connectivity index (χ2v) is 6.97. The molecule has 0 unspecified atom stereocenters. The molecule has 0 atom stereocenters. The van der Waals surface area contributed by atoms with E-state index in [1.807, 2.05) is 33.8 Å². The second kappa shape index (κ2) is 6.81. The van der Waals surface area contributed by atoms with E-state index < -0.39 is 0 Å². The molecule has 5 heteroatoms. The number of piperidine rings is 1. The van der Waals surface area contributed by atoms with E-state index in [1.165, 1.54) is 5.57 Å². The molecule has 0 radical (unpaired) electrons. The first-order valence-electron chi connectivity index (χ1n) is 8.27. The minimum Gasteiger partial charge on any atom is -0.338 e. The largest absolute Gasteiger partial charge is 0.338 e. The standard InChI is InChI=1S/C19H22ClN3O/c1-13(2)18-17(19(24)22-10-8-14(3)9-11-22)12-21-23(18)16-6-4-15(20)5-7-16/h4-7,12-13H,3,8-11H2,1-2H3. The third-order valence-corrected chi connectivity index (χ3v) is 4.66. The SMILES string of the molecule is C=C1CCN(C(=O)c2cnn(-c3ccc(Cl)cc3)c2C(C)C)CC1. The van der Waals surface area contributed by atoms with Crippen LogP contribution < -0.4 is 0 Å². The van der Waals surface area contributed by atoms with Crippen LogP contribution >= 0.6 is 11.6 Å². The smallest absolute Gasteiger partial charge is 0.257 e. The number of carbonyl (C=O) groups excluding carboxylic acids is 1. The number of hydrogen-bond donors (Lipinski definition) is 0. The second-order valence-electron chi connectivity index (χ2n) is 6.53. The number of carbonyl (C=O) groups is 1. The van der Waals surface area contributed by atoms with Crippen LogP contribution in [0.2, 0.25) is 5.02 Å². The van der Waals surface area contributed by atoms with E-state index in [-0.39, 0.29) is 11.8 Å². The van der Waals surface area contributed by atoms with Crippen molar-refractivity contribution in [2.24, 2.45) is 0 Å². The zero-order valence-corrected chi connectivity index (χ0v) is 14.9. The van der Waals surface area contributed by atoms with Crippen molar-refractivity contribution in [3.8, 4) is 5.69 Å². The van der Waals surface area contributed by atoms with Crippen molar-refractivity contribution in [3.63, 3.8) is 0 Å². The highest BCUT2D eigenvalue weighted by Crippen LogP contribution is 2.26. The number of likely N-dealkylation sites (tertiary alicyclic amines) is 1. The van der Waals surface area contributed by atoms with Crippen LogP contribution in [0.5, 0.6) is 0 Å². The highest BCUT2D eigenvalue weighted by atomic mass is 35.5. The summed E-state index contributed by atoms with van der Waals surface area (Å²) in [5.74, 6) is 0.244. The number of aromatic nitrogens is 2. The van der Waals surface area contributed by atoms with Crippen LogP contribution in [0.15, 0.2) is 42.6 Å². The summed E-state index contributed by atoms with van der Waals surface area (Å²) in [4.78, 5) is 14.9. The Labute approximate surface area is 147 Å². The number of rotatable bonds is 3. The van der Waals surface area contributed by atoms with Gasteiger partial charge in [0.1, 0.15) is 0 Å². The van der Waals surface area contributed by atoms with Crippen molar-refractivity contribution >= 4 is 17.5 Å². The molecule has 1 aromatic carbocycles. The van der Waals surface area contributed by atoms with Gasteiger partial charge >= 0.3 is 0 Å². The van der Waals surface area contributed by atoms with Gasteiger partial charge in [0.05, 0.1) is 23.1 Å². The van der Waals surface area contributed by atoms with E-state index >= 15 is 0 Å². The third-order valence-electron chi connectivity index (χ3n) is 4.41. The van der Waals surface area contributed by atoms with Crippen molar-refractivity contribution in [2.75, 3.05) is 13.1 Å². The molecule has 0 saturated carbocycles. The van der Waals surface area contributed by atoms with Gasteiger partial charge in [0.25, 0.3) is 5.91 Å². The molecule has 0 N–H and O–H groups in total. The first kappa shape index (κ1) is 16.8. The Morgan fingerprint density at radius 3 is 2.42 bits per heavy atom. The van der Waals surface area contributed by atoms with Crippen molar-refractivity contribution in [1.29, 1.82) is 0 Å². The zero-order valence-electron chi connectivity index (χ0n) is 14.1. The molecule has 0 bridgehead atoms. The number of amides is 1. The average Bonchev–Trinajstić information content (AvgIpc) is 3.01. The first-order chi connectivity index (χ1) is 11.5. The quantitative estimate of drug-likeness (QED) is 0.773. The molecule has 4 nitrogen and oxygen atoms in total. The van der Waals surface area contributed by atoms with Crippen LogP contribution in [-0.2, 0) is 0 Å². The summed E-state index contributed by atoms with van der Waals surface area (Å²) in [5.41, 5.74) is 3.76. The molecule has 1 saturated heterocycles. The van der Waals surface area contributed by atoms with Crippen LogP contribution in [0, 0.1) is 0 Å². The molecule has 1 aliphatic rings. The molecule has 24 heavy (non-hydrogen) atoms. The van der Waals surface area contributed by atoms with Crippen LogP contribution in [-0.4, -0.2) is 33.7 Å². The van der Waals surface area contributed by atoms with Gasteiger partial charge in [0, 0.05) is 18.1 Å². The lowest BCUT2D eigenvalue weighted by molar-refractivity contribution is 0.0742. The fourth-order valence-corrected chi connectivity index (χ4v) is 3.19. The zero-order chi connectivity index (χ0) is 17.3. The van der Waals surface area contributed by atoms with Gasteiger partial charge in [0.15, 0.2) is 0 Å². The molecule has 0 aliphatic carbocycles. The van der Waals surface area contributed by atoms with Crippen LogP contribution in [0.3, 0.4) is 0 Å². The molecule has 1 amide bonds. The Hall–Kier alpha value is -2.07. The topological polar surface area (TPSA) is 38.1 Å². The van der Waals surface area contributed by atoms with Crippen molar-refractivity contribution < 1.29 is 4.79 Å². The van der Waals surface area contributed by atoms with E-state index in [0.717, 1.165) is 37.3 Å². The van der Waals surface area contributed by atoms with Crippen molar-refractivity contribution in [3.05, 3.63) is 58.9 Å². The number of hydrogen-bond acceptors (Lipinski definition) is 2. The molecule has 2 aromatic rings. The fraction of sp³-hybridized carbons (Fsp3) is 0.368. The predicted octanol–water partition coefficient (Wildman–Crippen LogP) is 4.44. The van der Waals surface area contributed by atoms with Gasteiger partial charge in [-0.25, -0.2) is 4.68 Å². The maximum atomic E-state index is 13.0. The maximum absolute atomic E-state index is 13.0. The van der Waals surface area contributed by atoms with Crippen LogP contribution in [0.1, 0.15) is 48.7 Å². The van der Waals surface area contributed by atoms with E-state index in [4.69, 9.17) is 11.6 Å². The van der Waals surface area contributed by atoms with Gasteiger partial charge in [-0.1, -0.05) is 37.6 Å². The minimum absolute atomic E-state index is 0.0615. The van der Waals surface area contributed by atoms with Crippen LogP contribution in [0.25, 0.3) is 5.69 Å². The van der Waals surface area contributed by atoms with Gasteiger partial charge < -0.3 is 4.90 Å². The third kappa shape index (κ3) is 3.24. The molecule has 1 fully saturated rings. The van der Waals surface area contributed by atoms with E-state index in [9.17, 15) is 4.79 Å². The Kier molecular flexibility index (Phi) is 4.76. The summed E-state index contributed by atoms with van der Waals surface area (Å²) < 4.78 is 1.84. The predicted molar refractivity (Wildman–Crippen MR) is 96.9 cm³/mol. The van der Waals surface area contributed by atoms with Gasteiger partial charge in [-0.3, -0.25) is 4.79 Å². The Morgan fingerprint density at radius 2 is 1.83 bits per heavy atom. The molecule has 0 spiro atoms. The monoisotopic (exact) mass is 343 g/mol. The summed E-state index contributed by atoms with van der Waals surface area (Å²) in [5, 5.41) is 5.16. The highest BCUT2D eigenvalue weighted by molar-refractivity contribution is 6.30. The van der Waals surface area contributed by atoms with Gasteiger partial charge in [-0.2, -0.15) is 5.10 Å². The average molecular weight is 344 g/mol. The normalized spacial score (nSPS) is 15.2. The first-order valence-corrected chi connectivity index (χ1v) is 8.65. The lowest BCUT2D eigenvalue weighted by Crippen LogP contribution is -2.36. The number of nitrogens with zero attached hydrogens (tertiary/aromatic N) is 3. The molecule has 2 heterocycles. The Balaban J connectivity index is 1.95. The minimum atomic E-state index is 0.0615. The Bertz CT molecular complexity index is 751.